The maximum Gasteiger partial charge on any atom is 0.331 e. The minimum absolute atomic E-state index is 0.267. The van der Waals surface area contributed by atoms with Crippen LogP contribution in [-0.4, -0.2) is 22.2 Å². The van der Waals surface area contributed by atoms with Crippen LogP contribution >= 0.6 is 0 Å². The number of aliphatic carboxylic acids is 2. The molecule has 4 nitrogen and oxygen atoms in total. The highest BCUT2D eigenvalue weighted by molar-refractivity contribution is 5.86. The van der Waals surface area contributed by atoms with Crippen LogP contribution in [0, 0.1) is 0 Å². The van der Waals surface area contributed by atoms with Crippen molar-refractivity contribution in [3.05, 3.63) is 11.6 Å². The van der Waals surface area contributed by atoms with Crippen LogP contribution in [-0.2, 0) is 9.59 Å². The Labute approximate surface area is 109 Å². The molecule has 0 fully saturated rings. The second-order valence-electron chi connectivity index (χ2n) is 4.49. The fourth-order valence-corrected chi connectivity index (χ4v) is 1.85. The Hall–Kier alpha value is -1.32. The maximum atomic E-state index is 10.7. The summed E-state index contributed by atoms with van der Waals surface area (Å²) in [4.78, 5) is 21.0. The average molecular weight is 256 g/mol. The summed E-state index contributed by atoms with van der Waals surface area (Å²) < 4.78 is 0. The monoisotopic (exact) mass is 256 g/mol. The van der Waals surface area contributed by atoms with Gasteiger partial charge < -0.3 is 10.2 Å². The molecular weight excluding hydrogens is 232 g/mol. The van der Waals surface area contributed by atoms with Crippen molar-refractivity contribution in [2.75, 3.05) is 0 Å². The molecular formula is C14H24O4. The zero-order valence-corrected chi connectivity index (χ0v) is 11.2. The third-order valence-electron chi connectivity index (χ3n) is 2.96. The summed E-state index contributed by atoms with van der Waals surface area (Å²) in [5.74, 6) is -1.53. The molecule has 0 aromatic heterocycles. The zero-order chi connectivity index (χ0) is 13.8. The fourth-order valence-electron chi connectivity index (χ4n) is 1.85. The highest BCUT2D eigenvalue weighted by Crippen LogP contribution is 2.13. The minimum Gasteiger partial charge on any atom is -0.481 e. The van der Waals surface area contributed by atoms with Gasteiger partial charge in [-0.25, -0.2) is 4.79 Å². The van der Waals surface area contributed by atoms with Crippen molar-refractivity contribution in [2.24, 2.45) is 0 Å². The Bertz CT molecular complexity index is 282. The zero-order valence-electron chi connectivity index (χ0n) is 11.2. The topological polar surface area (TPSA) is 74.6 Å². The van der Waals surface area contributed by atoms with Crippen LogP contribution in [0.25, 0.3) is 0 Å². The molecule has 0 saturated carbocycles. The number of hydrogen-bond acceptors (Lipinski definition) is 2. The van der Waals surface area contributed by atoms with E-state index in [-0.39, 0.29) is 6.42 Å². The van der Waals surface area contributed by atoms with Gasteiger partial charge >= 0.3 is 11.9 Å². The molecule has 2 N–H and O–H groups in total. The van der Waals surface area contributed by atoms with Gasteiger partial charge in [-0.1, -0.05) is 38.2 Å². The van der Waals surface area contributed by atoms with Crippen molar-refractivity contribution in [2.45, 2.75) is 64.7 Å². The Balaban J connectivity index is 3.31. The summed E-state index contributed by atoms with van der Waals surface area (Å²) in [7, 11) is 0. The lowest BCUT2D eigenvalue weighted by Gasteiger charge is -2.02. The number of carboxylic acid groups (broad SMARTS) is 2. The Morgan fingerprint density at radius 1 is 0.833 bits per heavy atom. The smallest absolute Gasteiger partial charge is 0.331 e. The van der Waals surface area contributed by atoms with Crippen LogP contribution in [0.15, 0.2) is 11.6 Å². The standard InChI is InChI=1S/C14H24O4/c1-2-12(14(17)18)10-8-6-4-3-5-7-9-11-13(15)16/h2H,3-11H2,1H3,(H,15,16)(H,17,18). The Morgan fingerprint density at radius 2 is 1.28 bits per heavy atom. The highest BCUT2D eigenvalue weighted by atomic mass is 16.4. The van der Waals surface area contributed by atoms with Gasteiger partial charge in [0.25, 0.3) is 0 Å². The highest BCUT2D eigenvalue weighted by Gasteiger charge is 2.04. The van der Waals surface area contributed by atoms with E-state index in [0.717, 1.165) is 44.9 Å². The van der Waals surface area contributed by atoms with Crippen LogP contribution in [0.3, 0.4) is 0 Å². The first-order valence-corrected chi connectivity index (χ1v) is 6.68. The summed E-state index contributed by atoms with van der Waals surface area (Å²) in [5.41, 5.74) is 0.497. The second kappa shape index (κ2) is 10.8. The number of hydrogen-bond donors (Lipinski definition) is 2. The molecule has 0 heterocycles. The molecule has 0 saturated heterocycles. The van der Waals surface area contributed by atoms with E-state index in [1.165, 1.54) is 0 Å². The number of allylic oxidation sites excluding steroid dienone is 1. The molecule has 0 atom stereocenters. The van der Waals surface area contributed by atoms with Gasteiger partial charge in [-0.3, -0.25) is 4.79 Å². The predicted molar refractivity (Wildman–Crippen MR) is 70.6 cm³/mol. The molecule has 0 aromatic rings. The molecule has 0 aromatic carbocycles. The second-order valence-corrected chi connectivity index (χ2v) is 4.49. The largest absolute Gasteiger partial charge is 0.481 e. The molecule has 0 aliphatic heterocycles. The lowest BCUT2D eigenvalue weighted by Crippen LogP contribution is -1.99. The maximum absolute atomic E-state index is 10.7. The first kappa shape index (κ1) is 16.7. The van der Waals surface area contributed by atoms with Crippen LogP contribution in [0.5, 0.6) is 0 Å². The summed E-state index contributed by atoms with van der Waals surface area (Å²) in [6.45, 7) is 1.76. The molecule has 0 amide bonds. The molecule has 0 radical (unpaired) electrons. The van der Waals surface area contributed by atoms with Crippen LogP contribution < -0.4 is 0 Å². The van der Waals surface area contributed by atoms with E-state index in [1.807, 2.05) is 0 Å². The molecule has 0 aliphatic rings. The lowest BCUT2D eigenvalue weighted by atomic mass is 10.0. The third kappa shape index (κ3) is 9.87. The predicted octanol–water partition coefficient (Wildman–Crippen LogP) is 3.61. The van der Waals surface area contributed by atoms with Gasteiger partial charge in [0, 0.05) is 12.0 Å². The molecule has 0 bridgehead atoms. The van der Waals surface area contributed by atoms with E-state index in [1.54, 1.807) is 13.0 Å². The van der Waals surface area contributed by atoms with E-state index >= 15 is 0 Å². The molecule has 18 heavy (non-hydrogen) atoms. The number of carboxylic acids is 2. The summed E-state index contributed by atoms with van der Waals surface area (Å²) in [6, 6.07) is 0. The SMILES string of the molecule is CC=C(CCCCCCCCCC(=O)O)C(=O)O. The molecule has 0 spiro atoms. The van der Waals surface area contributed by atoms with E-state index in [4.69, 9.17) is 10.2 Å². The van der Waals surface area contributed by atoms with Crippen molar-refractivity contribution < 1.29 is 19.8 Å². The van der Waals surface area contributed by atoms with E-state index in [2.05, 4.69) is 0 Å². The van der Waals surface area contributed by atoms with Crippen LogP contribution in [0.4, 0.5) is 0 Å². The summed E-state index contributed by atoms with van der Waals surface area (Å²) in [5, 5.41) is 17.3. The molecule has 0 aliphatic carbocycles. The first-order chi connectivity index (χ1) is 8.57. The van der Waals surface area contributed by atoms with Gasteiger partial charge in [0.2, 0.25) is 0 Å². The molecule has 0 unspecified atom stereocenters. The third-order valence-corrected chi connectivity index (χ3v) is 2.96. The normalized spacial score (nSPS) is 11.5. The molecule has 104 valence electrons. The average Bonchev–Trinajstić information content (AvgIpc) is 2.31. The Morgan fingerprint density at radius 3 is 1.67 bits per heavy atom. The number of carbonyl (C=O) groups is 2. The summed E-state index contributed by atoms with van der Waals surface area (Å²) in [6.07, 6.45) is 9.55. The van der Waals surface area contributed by atoms with Gasteiger partial charge in [0.15, 0.2) is 0 Å². The Kier molecular flexibility index (Phi) is 10.0. The van der Waals surface area contributed by atoms with E-state index in [0.29, 0.717) is 12.0 Å². The quantitative estimate of drug-likeness (QED) is 0.437. The molecule has 0 rings (SSSR count). The van der Waals surface area contributed by atoms with Crippen LogP contribution in [0.1, 0.15) is 64.7 Å². The number of rotatable bonds is 11. The van der Waals surface area contributed by atoms with Gasteiger partial charge in [-0.15, -0.1) is 0 Å². The van der Waals surface area contributed by atoms with Crippen LogP contribution in [0.2, 0.25) is 0 Å². The first-order valence-electron chi connectivity index (χ1n) is 6.68. The lowest BCUT2D eigenvalue weighted by molar-refractivity contribution is -0.137. The van der Waals surface area contributed by atoms with Gasteiger partial charge in [0.05, 0.1) is 0 Å². The summed E-state index contributed by atoms with van der Waals surface area (Å²) >= 11 is 0. The molecule has 4 heteroatoms. The van der Waals surface area contributed by atoms with E-state index < -0.39 is 11.9 Å². The van der Waals surface area contributed by atoms with E-state index in [9.17, 15) is 9.59 Å². The van der Waals surface area contributed by atoms with Crippen molar-refractivity contribution >= 4 is 11.9 Å². The van der Waals surface area contributed by atoms with Gasteiger partial charge in [0.1, 0.15) is 0 Å². The van der Waals surface area contributed by atoms with Crippen molar-refractivity contribution in [3.8, 4) is 0 Å². The van der Waals surface area contributed by atoms with Gasteiger partial charge in [-0.2, -0.15) is 0 Å². The van der Waals surface area contributed by atoms with Crippen molar-refractivity contribution in [1.82, 2.24) is 0 Å². The van der Waals surface area contributed by atoms with Crippen molar-refractivity contribution in [3.63, 3.8) is 0 Å². The van der Waals surface area contributed by atoms with Crippen molar-refractivity contribution in [1.29, 1.82) is 0 Å². The minimum atomic E-state index is -0.814. The number of unbranched alkanes of at least 4 members (excludes halogenated alkanes) is 6. The fraction of sp³-hybridized carbons (Fsp3) is 0.714. The van der Waals surface area contributed by atoms with Gasteiger partial charge in [-0.05, 0) is 26.2 Å².